The monoisotopic (exact) mass is 793 g/mol. The van der Waals surface area contributed by atoms with Gasteiger partial charge < -0.3 is 4.74 Å². The molecule has 1 unspecified atom stereocenters. The van der Waals surface area contributed by atoms with Crippen LogP contribution in [0.4, 0.5) is 22.7 Å². The fourth-order valence-corrected chi connectivity index (χ4v) is 9.84. The van der Waals surface area contributed by atoms with Crippen LogP contribution < -0.4 is 14.5 Å². The summed E-state index contributed by atoms with van der Waals surface area (Å²) in [5.74, 6) is 2.48. The normalized spacial score (nSPS) is 14.9. The number of hydrogen-bond acceptors (Lipinski definition) is 3. The van der Waals surface area contributed by atoms with Crippen LogP contribution in [0, 0.1) is 0 Å². The zero-order valence-electron chi connectivity index (χ0n) is 35.0. The first-order chi connectivity index (χ1) is 29.9. The molecular weight excluding hydrogens is 745 g/mol. The SMILES string of the molecule is CC(C)(C)c1ccnc(-n2c3ccccc3c3ccc(Oc4cccc(N5C[NH+](c6c(-c7ccccc7)cc7c(c6-c6ccccc6)CCCC7)c6ccccc65)c4)cc32)c1. The number of nitrogens with one attached hydrogen (secondary N) is 1. The van der Waals surface area contributed by atoms with Crippen molar-refractivity contribution < 1.29 is 9.64 Å². The predicted molar refractivity (Wildman–Crippen MR) is 251 cm³/mol. The van der Waals surface area contributed by atoms with E-state index in [0.717, 1.165) is 53.5 Å². The van der Waals surface area contributed by atoms with Gasteiger partial charge in [-0.05, 0) is 114 Å². The summed E-state index contributed by atoms with van der Waals surface area (Å²) >= 11 is 0. The van der Waals surface area contributed by atoms with Crippen molar-refractivity contribution >= 4 is 44.6 Å². The molecular formula is C56H49N4O+. The van der Waals surface area contributed by atoms with Crippen LogP contribution in [0.25, 0.3) is 49.9 Å². The Hall–Kier alpha value is -6.95. The molecule has 0 saturated carbocycles. The molecule has 3 heterocycles. The maximum atomic E-state index is 6.80. The van der Waals surface area contributed by atoms with Crippen molar-refractivity contribution in [2.45, 2.75) is 51.9 Å². The summed E-state index contributed by atoms with van der Waals surface area (Å²) in [4.78, 5) is 8.72. The van der Waals surface area contributed by atoms with Crippen molar-refractivity contribution in [1.82, 2.24) is 9.55 Å². The minimum Gasteiger partial charge on any atom is -0.457 e. The first-order valence-electron chi connectivity index (χ1n) is 21.7. The van der Waals surface area contributed by atoms with Crippen LogP contribution >= 0.6 is 0 Å². The van der Waals surface area contributed by atoms with Gasteiger partial charge in [-0.15, -0.1) is 0 Å². The molecule has 61 heavy (non-hydrogen) atoms. The summed E-state index contributed by atoms with van der Waals surface area (Å²) < 4.78 is 9.07. The van der Waals surface area contributed by atoms with Gasteiger partial charge in [-0.3, -0.25) is 9.47 Å². The lowest BCUT2D eigenvalue weighted by atomic mass is 9.81. The number of fused-ring (bicyclic) bond motifs is 5. The van der Waals surface area contributed by atoms with Gasteiger partial charge in [-0.25, -0.2) is 9.88 Å². The highest BCUT2D eigenvalue weighted by Crippen LogP contribution is 2.45. The lowest BCUT2D eigenvalue weighted by molar-refractivity contribution is -0.750. The van der Waals surface area contributed by atoms with Crippen LogP contribution in [0.1, 0.15) is 50.3 Å². The third-order valence-electron chi connectivity index (χ3n) is 12.8. The Bertz CT molecular complexity index is 3090. The predicted octanol–water partition coefficient (Wildman–Crippen LogP) is 13.4. The third-order valence-corrected chi connectivity index (χ3v) is 12.8. The summed E-state index contributed by atoms with van der Waals surface area (Å²) in [6.45, 7) is 7.48. The molecule has 1 aliphatic heterocycles. The van der Waals surface area contributed by atoms with Gasteiger partial charge in [-0.2, -0.15) is 0 Å². The lowest BCUT2D eigenvalue weighted by Crippen LogP contribution is -3.02. The Balaban J connectivity index is 0.997. The smallest absolute Gasteiger partial charge is 0.167 e. The molecule has 1 atom stereocenters. The Morgan fingerprint density at radius 2 is 1.33 bits per heavy atom. The van der Waals surface area contributed by atoms with E-state index in [2.05, 4.69) is 200 Å². The number of hydrogen-bond donors (Lipinski definition) is 1. The Kier molecular flexibility index (Phi) is 9.09. The van der Waals surface area contributed by atoms with E-state index in [4.69, 9.17) is 9.72 Å². The average molecular weight is 794 g/mol. The van der Waals surface area contributed by atoms with Gasteiger partial charge in [-0.1, -0.05) is 118 Å². The summed E-state index contributed by atoms with van der Waals surface area (Å²) in [7, 11) is 0. The third kappa shape index (κ3) is 6.57. The zero-order chi connectivity index (χ0) is 41.1. The van der Waals surface area contributed by atoms with Gasteiger partial charge in [0.1, 0.15) is 23.0 Å². The molecule has 0 spiro atoms. The van der Waals surface area contributed by atoms with Crippen LogP contribution in [0.15, 0.2) is 176 Å². The second kappa shape index (κ2) is 14.9. The van der Waals surface area contributed by atoms with Crippen molar-refractivity contribution in [3.63, 3.8) is 0 Å². The van der Waals surface area contributed by atoms with Gasteiger partial charge in [0.15, 0.2) is 18.0 Å². The first-order valence-corrected chi connectivity index (χ1v) is 21.7. The van der Waals surface area contributed by atoms with Crippen LogP contribution in [-0.2, 0) is 18.3 Å². The highest BCUT2D eigenvalue weighted by molar-refractivity contribution is 6.09. The van der Waals surface area contributed by atoms with Crippen molar-refractivity contribution in [3.8, 4) is 39.6 Å². The molecule has 0 bridgehead atoms. The van der Waals surface area contributed by atoms with E-state index in [1.54, 1.807) is 0 Å². The van der Waals surface area contributed by atoms with E-state index in [1.165, 1.54) is 84.5 Å². The van der Waals surface area contributed by atoms with Crippen LogP contribution in [0.2, 0.25) is 0 Å². The van der Waals surface area contributed by atoms with E-state index >= 15 is 0 Å². The molecule has 1 aliphatic carbocycles. The molecule has 0 radical (unpaired) electrons. The minimum absolute atomic E-state index is 0.000973. The van der Waals surface area contributed by atoms with Crippen LogP contribution in [-0.4, -0.2) is 16.2 Å². The van der Waals surface area contributed by atoms with E-state index in [-0.39, 0.29) is 5.41 Å². The fourth-order valence-electron chi connectivity index (χ4n) is 9.84. The van der Waals surface area contributed by atoms with Crippen LogP contribution in [0.3, 0.4) is 0 Å². The van der Waals surface area contributed by atoms with Gasteiger partial charge in [0.2, 0.25) is 0 Å². The molecule has 0 saturated heterocycles. The molecule has 2 aromatic heterocycles. The molecule has 1 N–H and O–H groups in total. The Labute approximate surface area is 358 Å². The number of rotatable bonds is 7. The van der Waals surface area contributed by atoms with Gasteiger partial charge in [0, 0.05) is 46.3 Å². The Morgan fingerprint density at radius 1 is 0.607 bits per heavy atom. The number of pyridine rings is 1. The second-order valence-electron chi connectivity index (χ2n) is 17.6. The lowest BCUT2D eigenvalue weighted by Gasteiger charge is -2.27. The maximum Gasteiger partial charge on any atom is 0.167 e. The van der Waals surface area contributed by atoms with Crippen molar-refractivity contribution in [3.05, 3.63) is 193 Å². The number of quaternary nitrogens is 1. The van der Waals surface area contributed by atoms with Crippen LogP contribution in [0.5, 0.6) is 11.5 Å². The Morgan fingerprint density at radius 3 is 2.16 bits per heavy atom. The molecule has 5 nitrogen and oxygen atoms in total. The molecule has 0 amide bonds. The standard InChI is InChI=1S/C56H48N4O/c1-56(2,3)41-31-32-57-53(34-41)60-49-26-13-12-25-46(49)47-30-29-44(36-52(47)60)61-43-23-16-22-42(35-43)58-37-59(51-28-15-14-27-50(51)58)55-48(38-17-6-4-7-18-38)33-40-21-10-11-24-45(40)54(55)39-19-8-5-9-20-39/h4-9,12-20,22-23,25-36H,10-11,21,24,37H2,1-3H3/p+1. The molecule has 5 heteroatoms. The average Bonchev–Trinajstić information content (AvgIpc) is 3.85. The number of aromatic nitrogens is 2. The molecule has 2 aliphatic rings. The zero-order valence-corrected chi connectivity index (χ0v) is 35.0. The number of aryl methyl sites for hydroxylation is 1. The number of nitrogens with zero attached hydrogens (tertiary/aromatic N) is 3. The van der Waals surface area contributed by atoms with Crippen molar-refractivity contribution in [2.75, 3.05) is 11.6 Å². The summed E-state index contributed by atoms with van der Waals surface area (Å²) in [5.41, 5.74) is 16.6. The van der Waals surface area contributed by atoms with E-state index in [9.17, 15) is 0 Å². The molecule has 9 aromatic rings. The summed E-state index contributed by atoms with van der Waals surface area (Å²) in [6, 6.07) is 61.5. The van der Waals surface area contributed by atoms with Crippen molar-refractivity contribution in [1.29, 1.82) is 0 Å². The van der Waals surface area contributed by atoms with Gasteiger partial charge in [0.25, 0.3) is 0 Å². The van der Waals surface area contributed by atoms with Gasteiger partial charge >= 0.3 is 0 Å². The number of anilines is 2. The molecule has 7 aromatic carbocycles. The first kappa shape index (κ1) is 37.1. The number of benzene rings is 7. The number of ether oxygens (including phenoxy) is 1. The minimum atomic E-state index is -0.000973. The van der Waals surface area contributed by atoms with Gasteiger partial charge in [0.05, 0.1) is 16.7 Å². The highest BCUT2D eigenvalue weighted by atomic mass is 16.5. The molecule has 298 valence electrons. The summed E-state index contributed by atoms with van der Waals surface area (Å²) in [5, 5.41) is 2.36. The number of para-hydroxylation sites is 3. The fraction of sp³-hybridized carbons (Fsp3) is 0.161. The molecule has 0 fully saturated rings. The van der Waals surface area contributed by atoms with Crippen molar-refractivity contribution in [2.24, 2.45) is 0 Å². The summed E-state index contributed by atoms with van der Waals surface area (Å²) in [6.07, 6.45) is 6.61. The maximum absolute atomic E-state index is 6.80. The topological polar surface area (TPSA) is 34.7 Å². The molecule has 11 rings (SSSR count). The van der Waals surface area contributed by atoms with E-state index in [0.29, 0.717) is 0 Å². The van der Waals surface area contributed by atoms with E-state index < -0.39 is 0 Å². The van der Waals surface area contributed by atoms with E-state index in [1.807, 2.05) is 6.20 Å². The quantitative estimate of drug-likeness (QED) is 0.175. The largest absolute Gasteiger partial charge is 0.457 e. The highest BCUT2D eigenvalue weighted by Gasteiger charge is 2.38. The second-order valence-corrected chi connectivity index (χ2v) is 17.6.